The molecule has 1 N–H and O–H groups in total. The van der Waals surface area contributed by atoms with E-state index in [9.17, 15) is 13.2 Å². The molecule has 2 saturated heterocycles. The van der Waals surface area contributed by atoms with Gasteiger partial charge in [-0.3, -0.25) is 4.79 Å². The van der Waals surface area contributed by atoms with Crippen molar-refractivity contribution in [2.75, 3.05) is 50.0 Å². The Kier molecular flexibility index (Phi) is 7.25. The van der Waals surface area contributed by atoms with Crippen molar-refractivity contribution in [1.29, 1.82) is 0 Å². The first kappa shape index (κ1) is 21.0. The lowest BCUT2D eigenvalue weighted by Gasteiger charge is -2.35. The molecule has 28 heavy (non-hydrogen) atoms. The van der Waals surface area contributed by atoms with Gasteiger partial charge in [0.15, 0.2) is 0 Å². The highest BCUT2D eigenvalue weighted by atomic mass is 32.2. The van der Waals surface area contributed by atoms with E-state index in [0.29, 0.717) is 50.5 Å². The molecule has 0 aliphatic carbocycles. The molecule has 0 bridgehead atoms. The van der Waals surface area contributed by atoms with Gasteiger partial charge in [0.2, 0.25) is 10.0 Å². The lowest BCUT2D eigenvalue weighted by atomic mass is 10.2. The third-order valence-electron chi connectivity index (χ3n) is 5.23. The number of carbonyl (C=O) groups excluding carboxylic acids is 1. The SMILES string of the molecule is CCCCS(=O)(=O)N1CCN(c2ncccc2C(=O)NCC2CCCO2)CC1. The fourth-order valence-corrected chi connectivity index (χ4v) is 5.20. The van der Waals surface area contributed by atoms with E-state index >= 15 is 0 Å². The van der Waals surface area contributed by atoms with Crippen LogP contribution < -0.4 is 10.2 Å². The maximum atomic E-state index is 12.7. The van der Waals surface area contributed by atoms with Crippen LogP contribution in [0.3, 0.4) is 0 Å². The quantitative estimate of drug-likeness (QED) is 0.693. The Labute approximate surface area is 167 Å². The molecule has 1 unspecified atom stereocenters. The van der Waals surface area contributed by atoms with Gasteiger partial charge in [-0.1, -0.05) is 13.3 Å². The Morgan fingerprint density at radius 1 is 1.32 bits per heavy atom. The Hall–Kier alpha value is -1.71. The first-order valence-corrected chi connectivity index (χ1v) is 11.7. The summed E-state index contributed by atoms with van der Waals surface area (Å²) in [5.41, 5.74) is 0.516. The molecule has 2 aliphatic rings. The molecule has 8 nitrogen and oxygen atoms in total. The molecule has 1 atom stereocenters. The molecule has 2 aliphatic heterocycles. The molecule has 0 spiro atoms. The van der Waals surface area contributed by atoms with Crippen LogP contribution in [0.1, 0.15) is 43.0 Å². The summed E-state index contributed by atoms with van der Waals surface area (Å²) in [5.74, 6) is 0.638. The van der Waals surface area contributed by atoms with E-state index in [-0.39, 0.29) is 17.8 Å². The van der Waals surface area contributed by atoms with Gasteiger partial charge in [0.25, 0.3) is 5.91 Å². The smallest absolute Gasteiger partial charge is 0.255 e. The minimum atomic E-state index is -3.20. The van der Waals surface area contributed by atoms with Crippen molar-refractivity contribution in [3.63, 3.8) is 0 Å². The molecule has 0 radical (unpaired) electrons. The predicted molar refractivity (Wildman–Crippen MR) is 108 cm³/mol. The highest BCUT2D eigenvalue weighted by molar-refractivity contribution is 7.89. The van der Waals surface area contributed by atoms with Gasteiger partial charge in [0, 0.05) is 45.5 Å². The second kappa shape index (κ2) is 9.67. The maximum Gasteiger partial charge on any atom is 0.255 e. The third kappa shape index (κ3) is 5.21. The van der Waals surface area contributed by atoms with Crippen LogP contribution in [0.25, 0.3) is 0 Å². The number of unbranched alkanes of at least 4 members (excludes halogenated alkanes) is 1. The van der Waals surface area contributed by atoms with Crippen molar-refractivity contribution in [3.05, 3.63) is 23.9 Å². The van der Waals surface area contributed by atoms with Crippen molar-refractivity contribution >= 4 is 21.7 Å². The summed E-state index contributed by atoms with van der Waals surface area (Å²) in [5, 5.41) is 2.94. The van der Waals surface area contributed by atoms with E-state index in [2.05, 4.69) is 10.3 Å². The summed E-state index contributed by atoms with van der Waals surface area (Å²) in [7, 11) is -3.20. The van der Waals surface area contributed by atoms with E-state index in [0.717, 1.165) is 25.9 Å². The lowest BCUT2D eigenvalue weighted by Crippen LogP contribution is -2.50. The molecule has 9 heteroatoms. The molecule has 1 amide bonds. The third-order valence-corrected chi connectivity index (χ3v) is 7.19. The number of rotatable bonds is 8. The van der Waals surface area contributed by atoms with Crippen LogP contribution in [0.5, 0.6) is 0 Å². The molecule has 156 valence electrons. The number of aromatic nitrogens is 1. The summed E-state index contributed by atoms with van der Waals surface area (Å²) in [6.45, 7) is 5.11. The zero-order chi connectivity index (χ0) is 20.0. The summed E-state index contributed by atoms with van der Waals surface area (Å²) >= 11 is 0. The zero-order valence-corrected chi connectivity index (χ0v) is 17.3. The number of anilines is 1. The summed E-state index contributed by atoms with van der Waals surface area (Å²) in [4.78, 5) is 19.1. The first-order chi connectivity index (χ1) is 13.5. The number of nitrogens with zero attached hydrogens (tertiary/aromatic N) is 3. The molecule has 0 aromatic carbocycles. The number of sulfonamides is 1. The highest BCUT2D eigenvalue weighted by Gasteiger charge is 2.28. The minimum absolute atomic E-state index is 0.0842. The van der Waals surface area contributed by atoms with Crippen LogP contribution in [-0.4, -0.2) is 74.8 Å². The van der Waals surface area contributed by atoms with Gasteiger partial charge < -0.3 is 15.0 Å². The van der Waals surface area contributed by atoms with Gasteiger partial charge in [0.1, 0.15) is 5.82 Å². The Morgan fingerprint density at radius 2 is 2.11 bits per heavy atom. The lowest BCUT2D eigenvalue weighted by molar-refractivity contribution is 0.0858. The van der Waals surface area contributed by atoms with Gasteiger partial charge in [-0.05, 0) is 31.4 Å². The minimum Gasteiger partial charge on any atom is -0.376 e. The topological polar surface area (TPSA) is 91.8 Å². The van der Waals surface area contributed by atoms with Crippen LogP contribution in [0.15, 0.2) is 18.3 Å². The fourth-order valence-electron chi connectivity index (χ4n) is 3.57. The van der Waals surface area contributed by atoms with Crippen molar-refractivity contribution in [2.24, 2.45) is 0 Å². The van der Waals surface area contributed by atoms with Crippen molar-refractivity contribution in [1.82, 2.24) is 14.6 Å². The Bertz CT molecular complexity index is 757. The predicted octanol–water partition coefficient (Wildman–Crippen LogP) is 1.24. The number of pyridine rings is 1. The van der Waals surface area contributed by atoms with E-state index in [1.807, 2.05) is 11.8 Å². The molecule has 3 rings (SSSR count). The monoisotopic (exact) mass is 410 g/mol. The largest absolute Gasteiger partial charge is 0.376 e. The Balaban J connectivity index is 1.61. The summed E-state index contributed by atoms with van der Waals surface area (Å²) in [6.07, 6.45) is 5.28. The number of hydrogen-bond donors (Lipinski definition) is 1. The summed E-state index contributed by atoms with van der Waals surface area (Å²) < 4.78 is 31.9. The number of ether oxygens (including phenoxy) is 1. The van der Waals surface area contributed by atoms with Crippen molar-refractivity contribution in [3.8, 4) is 0 Å². The Morgan fingerprint density at radius 3 is 2.79 bits per heavy atom. The maximum absolute atomic E-state index is 12.7. The van der Waals surface area contributed by atoms with Gasteiger partial charge in [-0.2, -0.15) is 4.31 Å². The molecule has 1 aromatic rings. The highest BCUT2D eigenvalue weighted by Crippen LogP contribution is 2.20. The number of amides is 1. The van der Waals surface area contributed by atoms with Crippen LogP contribution in [0.2, 0.25) is 0 Å². The van der Waals surface area contributed by atoms with E-state index in [1.165, 1.54) is 0 Å². The molecule has 1 aromatic heterocycles. The average Bonchev–Trinajstić information content (AvgIpc) is 3.24. The van der Waals surface area contributed by atoms with Crippen LogP contribution >= 0.6 is 0 Å². The number of piperazine rings is 1. The van der Waals surface area contributed by atoms with Crippen LogP contribution in [-0.2, 0) is 14.8 Å². The number of carbonyl (C=O) groups is 1. The standard InChI is InChI=1S/C19H30N4O4S/c1-2-3-14-28(25,26)23-11-9-22(10-12-23)18-17(7-4-8-20-18)19(24)21-15-16-6-5-13-27-16/h4,7-8,16H,2-3,5-6,9-15H2,1H3,(H,21,24). The molecular formula is C19H30N4O4S. The second-order valence-corrected chi connectivity index (χ2v) is 9.36. The molecule has 3 heterocycles. The van der Waals surface area contributed by atoms with Gasteiger partial charge in [-0.15, -0.1) is 0 Å². The second-order valence-electron chi connectivity index (χ2n) is 7.28. The summed E-state index contributed by atoms with van der Waals surface area (Å²) in [6, 6.07) is 3.51. The van der Waals surface area contributed by atoms with Gasteiger partial charge >= 0.3 is 0 Å². The van der Waals surface area contributed by atoms with Gasteiger partial charge in [0.05, 0.1) is 17.4 Å². The molecular weight excluding hydrogens is 380 g/mol. The zero-order valence-electron chi connectivity index (χ0n) is 16.5. The average molecular weight is 411 g/mol. The fraction of sp³-hybridized carbons (Fsp3) is 0.684. The number of nitrogens with one attached hydrogen (secondary N) is 1. The molecule has 2 fully saturated rings. The van der Waals surface area contributed by atoms with Crippen LogP contribution in [0.4, 0.5) is 5.82 Å². The van der Waals surface area contributed by atoms with E-state index in [4.69, 9.17) is 4.74 Å². The number of hydrogen-bond acceptors (Lipinski definition) is 6. The van der Waals surface area contributed by atoms with Crippen molar-refractivity contribution in [2.45, 2.75) is 38.7 Å². The van der Waals surface area contributed by atoms with Crippen molar-refractivity contribution < 1.29 is 17.9 Å². The normalized spacial score (nSPS) is 21.0. The molecule has 0 saturated carbocycles. The van der Waals surface area contributed by atoms with E-state index < -0.39 is 10.0 Å². The van der Waals surface area contributed by atoms with Crippen LogP contribution in [0, 0.1) is 0 Å². The first-order valence-electron chi connectivity index (χ1n) is 10.1. The van der Waals surface area contributed by atoms with Gasteiger partial charge in [-0.25, -0.2) is 13.4 Å². The van der Waals surface area contributed by atoms with E-state index in [1.54, 1.807) is 22.6 Å².